The number of piperidine rings is 1. The number of carbonyl (C=O) groups is 1. The zero-order chi connectivity index (χ0) is 19.5. The third-order valence-corrected chi connectivity index (χ3v) is 5.24. The number of H-pyrrole nitrogens is 1. The first kappa shape index (κ1) is 18.2. The number of likely N-dealkylation sites (tertiary alicyclic amines) is 1. The van der Waals surface area contributed by atoms with Crippen LogP contribution in [0.15, 0.2) is 41.5 Å². The molecule has 3 heterocycles. The third-order valence-electron chi connectivity index (χ3n) is 5.24. The predicted molar refractivity (Wildman–Crippen MR) is 106 cm³/mol. The Balaban J connectivity index is 1.39. The number of para-hydroxylation sites is 1. The van der Waals surface area contributed by atoms with Gasteiger partial charge in [-0.3, -0.25) is 14.7 Å². The Morgan fingerprint density at radius 1 is 1.32 bits per heavy atom. The second kappa shape index (κ2) is 7.84. The Labute approximate surface area is 162 Å². The van der Waals surface area contributed by atoms with Gasteiger partial charge in [-0.2, -0.15) is 4.52 Å². The molecule has 0 saturated carbocycles. The first-order valence-corrected chi connectivity index (χ1v) is 9.63. The summed E-state index contributed by atoms with van der Waals surface area (Å²) in [5.74, 6) is 0.427. The van der Waals surface area contributed by atoms with Crippen molar-refractivity contribution in [3.8, 4) is 0 Å². The van der Waals surface area contributed by atoms with Crippen LogP contribution in [0.3, 0.4) is 0 Å². The van der Waals surface area contributed by atoms with Crippen LogP contribution in [0, 0.1) is 6.92 Å². The van der Waals surface area contributed by atoms with Crippen molar-refractivity contribution in [1.82, 2.24) is 24.5 Å². The van der Waals surface area contributed by atoms with Gasteiger partial charge in [0.15, 0.2) is 0 Å². The molecule has 2 aromatic heterocycles. The molecule has 2 N–H and O–H groups in total. The maximum atomic E-state index is 12.8. The van der Waals surface area contributed by atoms with Crippen molar-refractivity contribution in [2.24, 2.45) is 0 Å². The summed E-state index contributed by atoms with van der Waals surface area (Å²) in [6, 6.07) is 10.3. The topological polar surface area (TPSA) is 95.4 Å². The molecule has 1 atom stereocenters. The number of amides is 1. The number of carbonyl (C=O) groups excluding carboxylic acids is 1. The minimum absolute atomic E-state index is 0.0769. The predicted octanol–water partition coefficient (Wildman–Crippen LogP) is 1.76. The van der Waals surface area contributed by atoms with Crippen LogP contribution in [0.5, 0.6) is 0 Å². The third kappa shape index (κ3) is 3.76. The number of aromatic amines is 1. The summed E-state index contributed by atoms with van der Waals surface area (Å²) in [6.07, 6.45) is 4.13. The molecule has 1 aromatic carbocycles. The Hall–Kier alpha value is -3.16. The summed E-state index contributed by atoms with van der Waals surface area (Å²) in [5.41, 5.74) is 2.08. The second-order valence-corrected chi connectivity index (χ2v) is 7.19. The molecule has 1 amide bonds. The van der Waals surface area contributed by atoms with Gasteiger partial charge in [0.25, 0.3) is 11.3 Å². The van der Waals surface area contributed by atoms with Crippen LogP contribution in [0.25, 0.3) is 5.78 Å². The average molecular weight is 380 g/mol. The molecule has 0 bridgehead atoms. The minimum Gasteiger partial charge on any atom is -0.381 e. The highest BCUT2D eigenvalue weighted by Gasteiger charge is 2.24. The molecule has 3 aromatic rings. The molecule has 4 rings (SSSR count). The number of hydrogen-bond donors (Lipinski definition) is 2. The van der Waals surface area contributed by atoms with Crippen LogP contribution in [-0.2, 0) is 11.2 Å². The van der Waals surface area contributed by atoms with Gasteiger partial charge < -0.3 is 10.2 Å². The van der Waals surface area contributed by atoms with E-state index in [0.29, 0.717) is 36.4 Å². The van der Waals surface area contributed by atoms with Gasteiger partial charge >= 0.3 is 0 Å². The van der Waals surface area contributed by atoms with Crippen LogP contribution in [-0.4, -0.2) is 49.5 Å². The molecule has 1 unspecified atom stereocenters. The van der Waals surface area contributed by atoms with Gasteiger partial charge in [0.05, 0.1) is 5.69 Å². The van der Waals surface area contributed by atoms with Crippen LogP contribution in [0.4, 0.5) is 5.69 Å². The van der Waals surface area contributed by atoms with Gasteiger partial charge in [0.2, 0.25) is 5.91 Å². The summed E-state index contributed by atoms with van der Waals surface area (Å²) in [5, 5.41) is 6.27. The zero-order valence-corrected chi connectivity index (χ0v) is 15.9. The molecule has 1 saturated heterocycles. The Bertz CT molecular complexity index is 1030. The number of fused-ring (bicyclic) bond motifs is 1. The number of anilines is 1. The maximum Gasteiger partial charge on any atom is 0.277 e. The molecular weight excluding hydrogens is 356 g/mol. The van der Waals surface area contributed by atoms with Crippen molar-refractivity contribution in [3.05, 3.63) is 58.3 Å². The fourth-order valence-corrected chi connectivity index (χ4v) is 3.76. The average Bonchev–Trinajstić information content (AvgIpc) is 3.17. The molecule has 8 heteroatoms. The highest BCUT2D eigenvalue weighted by molar-refractivity contribution is 5.76. The normalized spacial score (nSPS) is 17.0. The Kier molecular flexibility index (Phi) is 5.10. The van der Waals surface area contributed by atoms with E-state index in [1.165, 1.54) is 10.8 Å². The Morgan fingerprint density at radius 3 is 2.96 bits per heavy atom. The van der Waals surface area contributed by atoms with E-state index in [1.807, 2.05) is 35.2 Å². The van der Waals surface area contributed by atoms with Crippen molar-refractivity contribution in [2.45, 2.75) is 38.6 Å². The van der Waals surface area contributed by atoms with Gasteiger partial charge in [-0.15, -0.1) is 0 Å². The van der Waals surface area contributed by atoms with E-state index < -0.39 is 0 Å². The van der Waals surface area contributed by atoms with E-state index in [4.69, 9.17) is 0 Å². The lowest BCUT2D eigenvalue weighted by Crippen LogP contribution is -2.45. The van der Waals surface area contributed by atoms with Crippen LogP contribution < -0.4 is 10.9 Å². The number of nitrogens with one attached hydrogen (secondary N) is 2. The second-order valence-electron chi connectivity index (χ2n) is 7.19. The first-order valence-electron chi connectivity index (χ1n) is 9.63. The van der Waals surface area contributed by atoms with Crippen molar-refractivity contribution < 1.29 is 4.79 Å². The molecule has 0 spiro atoms. The van der Waals surface area contributed by atoms with E-state index in [1.54, 1.807) is 6.92 Å². The van der Waals surface area contributed by atoms with Gasteiger partial charge in [-0.1, -0.05) is 18.2 Å². The van der Waals surface area contributed by atoms with E-state index in [-0.39, 0.29) is 17.5 Å². The fourth-order valence-electron chi connectivity index (χ4n) is 3.76. The van der Waals surface area contributed by atoms with Gasteiger partial charge in [0, 0.05) is 36.8 Å². The van der Waals surface area contributed by atoms with Crippen molar-refractivity contribution in [2.75, 3.05) is 18.4 Å². The molecule has 28 heavy (non-hydrogen) atoms. The van der Waals surface area contributed by atoms with Crippen molar-refractivity contribution in [1.29, 1.82) is 0 Å². The highest BCUT2D eigenvalue weighted by Crippen LogP contribution is 2.17. The minimum atomic E-state index is -0.185. The smallest absolute Gasteiger partial charge is 0.277 e. The maximum absolute atomic E-state index is 12.8. The van der Waals surface area contributed by atoms with Gasteiger partial charge in [-0.25, -0.2) is 9.97 Å². The lowest BCUT2D eigenvalue weighted by atomic mass is 10.0. The highest BCUT2D eigenvalue weighted by atomic mass is 16.2. The summed E-state index contributed by atoms with van der Waals surface area (Å²) >= 11 is 0. The molecule has 0 radical (unpaired) electrons. The van der Waals surface area contributed by atoms with E-state index in [0.717, 1.165) is 25.1 Å². The lowest BCUT2D eigenvalue weighted by Gasteiger charge is -2.34. The lowest BCUT2D eigenvalue weighted by molar-refractivity contribution is -0.132. The number of rotatable bonds is 5. The first-order chi connectivity index (χ1) is 13.6. The van der Waals surface area contributed by atoms with E-state index >= 15 is 0 Å². The van der Waals surface area contributed by atoms with Crippen LogP contribution >= 0.6 is 0 Å². The van der Waals surface area contributed by atoms with E-state index in [2.05, 4.69) is 20.4 Å². The monoisotopic (exact) mass is 380 g/mol. The number of hydrogen-bond acceptors (Lipinski definition) is 5. The summed E-state index contributed by atoms with van der Waals surface area (Å²) in [7, 11) is 0. The van der Waals surface area contributed by atoms with Gasteiger partial charge in [0.1, 0.15) is 6.33 Å². The zero-order valence-electron chi connectivity index (χ0n) is 15.9. The molecular formula is C20H24N6O2. The molecule has 1 aliphatic heterocycles. The number of benzene rings is 1. The SMILES string of the molecule is Cc1nc2nc[nH]n2c(=O)c1CCC(=O)N1CCCC(Nc2ccccc2)C1. The molecule has 8 nitrogen and oxygen atoms in total. The van der Waals surface area contributed by atoms with Crippen molar-refractivity contribution in [3.63, 3.8) is 0 Å². The molecule has 1 fully saturated rings. The number of aryl methyl sites for hydroxylation is 1. The largest absolute Gasteiger partial charge is 0.381 e. The summed E-state index contributed by atoms with van der Waals surface area (Å²) in [4.78, 5) is 35.6. The number of nitrogens with zero attached hydrogens (tertiary/aromatic N) is 4. The molecule has 0 aliphatic carbocycles. The van der Waals surface area contributed by atoms with Gasteiger partial charge in [-0.05, 0) is 38.3 Å². The van der Waals surface area contributed by atoms with E-state index in [9.17, 15) is 9.59 Å². The standard InChI is InChI=1S/C20H24N6O2/c1-14-17(19(28)26-20(23-14)21-13-22-26)9-10-18(27)25-11-5-8-16(12-25)24-15-6-3-2-4-7-15/h2-4,6-7,13,16,24H,5,8-12H2,1H3,(H,21,22,23). The fraction of sp³-hybridized carbons (Fsp3) is 0.400. The van der Waals surface area contributed by atoms with Crippen LogP contribution in [0.1, 0.15) is 30.5 Å². The Morgan fingerprint density at radius 2 is 2.14 bits per heavy atom. The molecule has 1 aliphatic rings. The number of aromatic nitrogens is 4. The summed E-state index contributed by atoms with van der Waals surface area (Å²) in [6.45, 7) is 3.24. The quantitative estimate of drug-likeness (QED) is 0.703. The molecule has 146 valence electrons. The summed E-state index contributed by atoms with van der Waals surface area (Å²) < 4.78 is 1.31. The van der Waals surface area contributed by atoms with Crippen molar-refractivity contribution >= 4 is 17.4 Å². The van der Waals surface area contributed by atoms with Crippen LogP contribution in [0.2, 0.25) is 0 Å².